The lowest BCUT2D eigenvalue weighted by molar-refractivity contribution is -0.917. The molecule has 2 aliphatic heterocycles. The van der Waals surface area contributed by atoms with Crippen LogP contribution in [0.2, 0.25) is 0 Å². The topological polar surface area (TPSA) is 46.9 Å². The Morgan fingerprint density at radius 2 is 1.97 bits per heavy atom. The first-order valence-corrected chi connectivity index (χ1v) is 11.2. The van der Waals surface area contributed by atoms with Crippen molar-refractivity contribution in [3.05, 3.63) is 58.6 Å². The van der Waals surface area contributed by atoms with Crippen molar-refractivity contribution in [1.29, 1.82) is 0 Å². The first kappa shape index (κ1) is 18.6. The van der Waals surface area contributed by atoms with Crippen LogP contribution in [0.25, 0.3) is 10.2 Å². The van der Waals surface area contributed by atoms with Gasteiger partial charge in [-0.05, 0) is 25.1 Å². The number of benzene rings is 2. The molecule has 2 aromatic carbocycles. The molecule has 5 rings (SSSR count). The highest BCUT2D eigenvalue weighted by atomic mass is 32.1. The van der Waals surface area contributed by atoms with Gasteiger partial charge in [0.1, 0.15) is 23.4 Å². The van der Waals surface area contributed by atoms with Gasteiger partial charge in [-0.15, -0.1) is 11.3 Å². The van der Waals surface area contributed by atoms with E-state index < -0.39 is 0 Å². The van der Waals surface area contributed by atoms with Gasteiger partial charge in [-0.2, -0.15) is 0 Å². The number of hydrogen-bond acceptors (Lipinski definition) is 4. The molecule has 0 spiro atoms. The molecule has 0 radical (unpaired) electrons. The van der Waals surface area contributed by atoms with Crippen molar-refractivity contribution in [1.82, 2.24) is 9.88 Å². The van der Waals surface area contributed by atoms with Crippen molar-refractivity contribution in [3.63, 3.8) is 0 Å². The lowest BCUT2D eigenvalue weighted by atomic mass is 9.96. The molecule has 1 amide bonds. The number of rotatable bonds is 3. The van der Waals surface area contributed by atoms with Crippen molar-refractivity contribution in [2.45, 2.75) is 32.4 Å². The zero-order valence-electron chi connectivity index (χ0n) is 16.9. The molecule has 5 nitrogen and oxygen atoms in total. The van der Waals surface area contributed by atoms with E-state index in [2.05, 4.69) is 38.1 Å². The number of quaternary nitrogens is 1. The minimum absolute atomic E-state index is 0.0992. The summed E-state index contributed by atoms with van der Waals surface area (Å²) in [6, 6.07) is 14.3. The summed E-state index contributed by atoms with van der Waals surface area (Å²) in [5.74, 6) is 1.22. The van der Waals surface area contributed by atoms with Crippen molar-refractivity contribution in [2.24, 2.45) is 0 Å². The molecule has 1 saturated heterocycles. The van der Waals surface area contributed by atoms with Crippen molar-refractivity contribution in [3.8, 4) is 5.75 Å². The van der Waals surface area contributed by atoms with E-state index in [1.807, 2.05) is 23.1 Å². The van der Waals surface area contributed by atoms with E-state index in [4.69, 9.17) is 9.72 Å². The van der Waals surface area contributed by atoms with Crippen molar-refractivity contribution < 1.29 is 14.4 Å². The van der Waals surface area contributed by atoms with Gasteiger partial charge in [0.15, 0.2) is 0 Å². The fourth-order valence-corrected chi connectivity index (χ4v) is 5.38. The number of hydrogen-bond donors (Lipinski definition) is 1. The van der Waals surface area contributed by atoms with Gasteiger partial charge >= 0.3 is 0 Å². The summed E-state index contributed by atoms with van der Waals surface area (Å²) in [4.78, 5) is 21.4. The highest BCUT2D eigenvalue weighted by molar-refractivity contribution is 7.18. The molecule has 150 valence electrons. The van der Waals surface area contributed by atoms with E-state index in [9.17, 15) is 4.79 Å². The summed E-state index contributed by atoms with van der Waals surface area (Å²) in [7, 11) is 0. The van der Waals surface area contributed by atoms with E-state index in [-0.39, 0.29) is 12.0 Å². The number of carbonyl (C=O) groups is 1. The lowest BCUT2D eigenvalue weighted by Crippen LogP contribution is -3.13. The molecule has 6 heteroatoms. The van der Waals surface area contributed by atoms with Crippen LogP contribution in [0, 0.1) is 0 Å². The minimum Gasteiger partial charge on any atom is -0.489 e. The predicted octanol–water partition coefficient (Wildman–Crippen LogP) is 2.72. The highest BCUT2D eigenvalue weighted by Crippen LogP contribution is 2.40. The van der Waals surface area contributed by atoms with Crippen molar-refractivity contribution in [2.75, 3.05) is 26.2 Å². The normalized spacial score (nSPS) is 21.9. The van der Waals surface area contributed by atoms with Gasteiger partial charge in [0.2, 0.25) is 0 Å². The maximum Gasteiger partial charge on any atom is 0.258 e. The number of nitrogens with one attached hydrogen (secondary N) is 1. The Hall–Kier alpha value is -2.44. The molecule has 1 N–H and O–H groups in total. The largest absolute Gasteiger partial charge is 0.489 e. The molecule has 2 aliphatic rings. The third-order valence-electron chi connectivity index (χ3n) is 6.27. The number of fused-ring (bicyclic) bond motifs is 2. The predicted molar refractivity (Wildman–Crippen MR) is 115 cm³/mol. The van der Waals surface area contributed by atoms with Crippen LogP contribution in [0.5, 0.6) is 5.75 Å². The number of carbonyl (C=O) groups excluding carboxylic acids is 1. The van der Waals surface area contributed by atoms with E-state index >= 15 is 0 Å². The molecule has 3 heterocycles. The summed E-state index contributed by atoms with van der Waals surface area (Å²) in [6.07, 6.45) is 0.119. The molecule has 29 heavy (non-hydrogen) atoms. The molecular formula is C23H26N3O2S+. The van der Waals surface area contributed by atoms with Gasteiger partial charge in [0, 0.05) is 11.5 Å². The number of amides is 1. The van der Waals surface area contributed by atoms with Crippen LogP contribution in [0.1, 0.15) is 40.7 Å². The first-order chi connectivity index (χ1) is 14.1. The van der Waals surface area contributed by atoms with Gasteiger partial charge in [0.05, 0.1) is 42.0 Å². The second-order valence-electron chi connectivity index (χ2n) is 8.13. The number of piperazine rings is 1. The third-order valence-corrected chi connectivity index (χ3v) is 7.31. The van der Waals surface area contributed by atoms with Crippen LogP contribution in [0.4, 0.5) is 0 Å². The molecule has 0 unspecified atom stereocenters. The van der Waals surface area contributed by atoms with Crippen molar-refractivity contribution >= 4 is 27.5 Å². The van der Waals surface area contributed by atoms with Crippen LogP contribution in [0.3, 0.4) is 0 Å². The molecule has 0 bridgehead atoms. The number of aromatic nitrogens is 1. The quantitative estimate of drug-likeness (QED) is 0.725. The van der Waals surface area contributed by atoms with E-state index in [0.29, 0.717) is 11.5 Å². The van der Waals surface area contributed by atoms with E-state index in [1.54, 1.807) is 11.3 Å². The Labute approximate surface area is 174 Å². The summed E-state index contributed by atoms with van der Waals surface area (Å²) in [5, 5.41) is 1.18. The smallest absolute Gasteiger partial charge is 0.258 e. The second kappa shape index (κ2) is 7.43. The molecule has 0 saturated carbocycles. The van der Waals surface area contributed by atoms with E-state index in [0.717, 1.165) is 49.6 Å². The summed E-state index contributed by atoms with van der Waals surface area (Å²) in [5.41, 5.74) is 2.96. The molecule has 0 aliphatic carbocycles. The number of nitrogens with zero attached hydrogens (tertiary/aromatic N) is 2. The lowest BCUT2D eigenvalue weighted by Gasteiger charge is -2.32. The fourth-order valence-electron chi connectivity index (χ4n) is 4.34. The SMILES string of the molecule is C[C@@H]1Oc2c(C(=O)N3CC[NH+](Cc4nc5ccccc5s4)CC3)cccc2[C@@H]1C. The first-order valence-electron chi connectivity index (χ1n) is 10.4. The third kappa shape index (κ3) is 3.40. The molecule has 3 aromatic rings. The monoisotopic (exact) mass is 408 g/mol. The molecule has 1 fully saturated rings. The van der Waals surface area contributed by atoms with Gasteiger partial charge < -0.3 is 14.5 Å². The Morgan fingerprint density at radius 1 is 1.17 bits per heavy atom. The zero-order valence-corrected chi connectivity index (χ0v) is 17.7. The van der Waals surface area contributed by atoms with E-state index in [1.165, 1.54) is 14.6 Å². The fraction of sp³-hybridized carbons (Fsp3) is 0.391. The molecule has 1 aromatic heterocycles. The average molecular weight is 409 g/mol. The minimum atomic E-state index is 0.0992. The average Bonchev–Trinajstić information content (AvgIpc) is 3.28. The maximum atomic E-state index is 13.2. The Balaban J connectivity index is 1.25. The second-order valence-corrected chi connectivity index (χ2v) is 9.25. The summed E-state index contributed by atoms with van der Waals surface area (Å²) >= 11 is 1.78. The maximum absolute atomic E-state index is 13.2. The van der Waals surface area contributed by atoms with Crippen LogP contribution >= 0.6 is 11.3 Å². The summed E-state index contributed by atoms with van der Waals surface area (Å²) in [6.45, 7) is 8.61. The molecule has 2 atom stereocenters. The number of ether oxygens (including phenoxy) is 1. The van der Waals surface area contributed by atoms with Gasteiger partial charge in [0.25, 0.3) is 5.91 Å². The van der Waals surface area contributed by atoms with Crippen LogP contribution in [0.15, 0.2) is 42.5 Å². The Bertz CT molecular complexity index is 1020. The van der Waals surface area contributed by atoms with Gasteiger partial charge in [-0.3, -0.25) is 4.79 Å². The zero-order chi connectivity index (χ0) is 20.0. The standard InChI is InChI=1S/C23H25N3O2S/c1-15-16(2)28-22-17(15)6-5-7-18(22)23(27)26-12-10-25(11-13-26)14-21-24-19-8-3-4-9-20(19)29-21/h3-9,15-16H,10-14H2,1-2H3/p+1/t15-,16+/m1/s1. The van der Waals surface area contributed by atoms with Crippen LogP contribution in [-0.2, 0) is 6.54 Å². The van der Waals surface area contributed by atoms with Crippen LogP contribution in [-0.4, -0.2) is 48.1 Å². The molecular weight excluding hydrogens is 382 g/mol. The Morgan fingerprint density at radius 3 is 2.76 bits per heavy atom. The number of para-hydroxylation sites is 2. The Kier molecular flexibility index (Phi) is 4.76. The highest BCUT2D eigenvalue weighted by Gasteiger charge is 2.33. The number of thiazole rings is 1. The van der Waals surface area contributed by atoms with Crippen LogP contribution < -0.4 is 9.64 Å². The summed E-state index contributed by atoms with van der Waals surface area (Å²) < 4.78 is 7.28. The van der Waals surface area contributed by atoms with Gasteiger partial charge in [-0.25, -0.2) is 4.98 Å². The van der Waals surface area contributed by atoms with Gasteiger partial charge in [-0.1, -0.05) is 31.2 Å².